The Labute approximate surface area is 124 Å². The molecule has 1 aromatic heterocycles. The lowest BCUT2D eigenvalue weighted by Crippen LogP contribution is -2.08. The van der Waals surface area contributed by atoms with Crippen molar-refractivity contribution in [1.82, 2.24) is 4.57 Å². The minimum Gasteiger partial charge on any atom is -0.408 e. The van der Waals surface area contributed by atoms with E-state index in [-0.39, 0.29) is 5.78 Å². The van der Waals surface area contributed by atoms with Gasteiger partial charge in [0, 0.05) is 23.9 Å². The smallest absolute Gasteiger partial charge is 0.408 e. The van der Waals surface area contributed by atoms with Crippen molar-refractivity contribution in [1.29, 1.82) is 0 Å². The van der Waals surface area contributed by atoms with Crippen LogP contribution in [0, 0.1) is 0 Å². The van der Waals surface area contributed by atoms with E-state index in [4.69, 9.17) is 21.8 Å². The minimum atomic E-state index is -0.475. The van der Waals surface area contributed by atoms with Crippen LogP contribution in [-0.4, -0.2) is 10.4 Å². The number of nitrogens with zero attached hydrogens (tertiary/aromatic N) is 1. The van der Waals surface area contributed by atoms with Crippen LogP contribution in [0.15, 0.2) is 45.6 Å². The molecule has 0 fully saturated rings. The van der Waals surface area contributed by atoms with Crippen LogP contribution < -0.4 is 11.5 Å². The zero-order valence-corrected chi connectivity index (χ0v) is 11.8. The topological polar surface area (TPSA) is 78.2 Å². The van der Waals surface area contributed by atoms with Gasteiger partial charge < -0.3 is 10.2 Å². The van der Waals surface area contributed by atoms with Gasteiger partial charge in [-0.05, 0) is 36.4 Å². The summed E-state index contributed by atoms with van der Waals surface area (Å²) in [4.78, 5) is 24.0. The Kier molecular flexibility index (Phi) is 3.07. The SMILES string of the molecule is Cn1c(=O)oc2cc(C(=O)c3cc(N)ccc3Cl)ccc21. The van der Waals surface area contributed by atoms with Gasteiger partial charge in [0.1, 0.15) is 0 Å². The van der Waals surface area contributed by atoms with Gasteiger partial charge in [-0.2, -0.15) is 0 Å². The lowest BCUT2D eigenvalue weighted by molar-refractivity contribution is 0.103. The van der Waals surface area contributed by atoms with E-state index in [2.05, 4.69) is 0 Å². The van der Waals surface area contributed by atoms with Gasteiger partial charge in [-0.1, -0.05) is 11.6 Å². The number of carbonyl (C=O) groups excluding carboxylic acids is 1. The summed E-state index contributed by atoms with van der Waals surface area (Å²) in [6.45, 7) is 0. The standard InChI is InChI=1S/C15H11ClN2O3/c1-18-12-5-2-8(6-13(12)21-15(18)20)14(19)10-7-9(17)3-4-11(10)16/h2-7H,17H2,1H3. The predicted octanol–water partition coefficient (Wildman–Crippen LogP) is 2.60. The second kappa shape index (κ2) is 4.79. The average Bonchev–Trinajstić information content (AvgIpc) is 2.75. The Morgan fingerprint density at radius 1 is 1.24 bits per heavy atom. The molecule has 0 saturated carbocycles. The molecule has 0 aliphatic rings. The molecule has 0 aliphatic heterocycles. The van der Waals surface area contributed by atoms with Crippen molar-refractivity contribution < 1.29 is 9.21 Å². The maximum absolute atomic E-state index is 12.5. The van der Waals surface area contributed by atoms with Crippen molar-refractivity contribution in [3.63, 3.8) is 0 Å². The summed E-state index contributed by atoms with van der Waals surface area (Å²) in [5.74, 6) is -0.753. The summed E-state index contributed by atoms with van der Waals surface area (Å²) in [6.07, 6.45) is 0. The van der Waals surface area contributed by atoms with E-state index in [9.17, 15) is 9.59 Å². The number of aryl methyl sites for hydroxylation is 1. The lowest BCUT2D eigenvalue weighted by atomic mass is 10.0. The molecule has 5 nitrogen and oxygen atoms in total. The number of halogens is 1. The number of nitrogens with two attached hydrogens (primary N) is 1. The van der Waals surface area contributed by atoms with Crippen molar-refractivity contribution in [3.8, 4) is 0 Å². The molecular weight excluding hydrogens is 292 g/mol. The van der Waals surface area contributed by atoms with Crippen molar-refractivity contribution in [3.05, 3.63) is 63.1 Å². The highest BCUT2D eigenvalue weighted by Gasteiger charge is 2.15. The predicted molar refractivity (Wildman–Crippen MR) is 80.8 cm³/mol. The van der Waals surface area contributed by atoms with E-state index >= 15 is 0 Å². The van der Waals surface area contributed by atoms with Crippen molar-refractivity contribution in [2.24, 2.45) is 7.05 Å². The van der Waals surface area contributed by atoms with Gasteiger partial charge in [0.05, 0.1) is 10.5 Å². The van der Waals surface area contributed by atoms with E-state index in [1.54, 1.807) is 31.3 Å². The summed E-state index contributed by atoms with van der Waals surface area (Å²) in [5, 5.41) is 0.323. The van der Waals surface area contributed by atoms with Gasteiger partial charge in [0.15, 0.2) is 11.4 Å². The second-order valence-corrected chi connectivity index (χ2v) is 5.09. The number of hydrogen-bond donors (Lipinski definition) is 1. The number of oxazole rings is 1. The molecule has 3 aromatic rings. The Morgan fingerprint density at radius 2 is 2.00 bits per heavy atom. The third kappa shape index (κ3) is 2.21. The Hall–Kier alpha value is -2.53. The quantitative estimate of drug-likeness (QED) is 0.583. The summed E-state index contributed by atoms with van der Waals surface area (Å²) in [7, 11) is 1.60. The molecule has 0 saturated heterocycles. The number of hydrogen-bond acceptors (Lipinski definition) is 4. The Morgan fingerprint density at radius 3 is 2.76 bits per heavy atom. The molecule has 1 heterocycles. The number of aromatic nitrogens is 1. The fourth-order valence-electron chi connectivity index (χ4n) is 2.15. The largest absolute Gasteiger partial charge is 0.419 e. The molecular formula is C15H11ClN2O3. The van der Waals surface area contributed by atoms with E-state index in [1.807, 2.05) is 0 Å². The molecule has 0 amide bonds. The maximum Gasteiger partial charge on any atom is 0.419 e. The highest BCUT2D eigenvalue weighted by Crippen LogP contribution is 2.23. The number of carbonyl (C=O) groups is 1. The maximum atomic E-state index is 12.5. The number of fused-ring (bicyclic) bond motifs is 1. The average molecular weight is 303 g/mol. The number of benzene rings is 2. The van der Waals surface area contributed by atoms with Crippen LogP contribution in [0.2, 0.25) is 5.02 Å². The Balaban J connectivity index is 2.13. The molecule has 0 spiro atoms. The van der Waals surface area contributed by atoms with Crippen LogP contribution in [0.3, 0.4) is 0 Å². The Bertz CT molecular complexity index is 924. The lowest BCUT2D eigenvalue weighted by Gasteiger charge is -2.05. The van der Waals surface area contributed by atoms with Crippen LogP contribution in [0.4, 0.5) is 5.69 Å². The molecule has 2 aromatic carbocycles. The fourth-order valence-corrected chi connectivity index (χ4v) is 2.35. The van der Waals surface area contributed by atoms with Crippen LogP contribution in [-0.2, 0) is 7.05 Å². The number of anilines is 1. The van der Waals surface area contributed by atoms with Gasteiger partial charge in [-0.15, -0.1) is 0 Å². The monoisotopic (exact) mass is 302 g/mol. The van der Waals surface area contributed by atoms with Gasteiger partial charge >= 0.3 is 5.76 Å². The van der Waals surface area contributed by atoms with Gasteiger partial charge in [0.2, 0.25) is 0 Å². The van der Waals surface area contributed by atoms with Gasteiger partial charge in [0.25, 0.3) is 0 Å². The first-order valence-corrected chi connectivity index (χ1v) is 6.54. The van der Waals surface area contributed by atoms with E-state index < -0.39 is 5.76 Å². The molecule has 2 N–H and O–H groups in total. The van der Waals surface area contributed by atoms with E-state index in [1.165, 1.54) is 16.7 Å². The third-order valence-electron chi connectivity index (χ3n) is 3.29. The number of rotatable bonds is 2. The number of ketones is 1. The highest BCUT2D eigenvalue weighted by atomic mass is 35.5. The molecule has 0 atom stereocenters. The minimum absolute atomic E-state index is 0.277. The molecule has 0 unspecified atom stereocenters. The second-order valence-electron chi connectivity index (χ2n) is 4.68. The third-order valence-corrected chi connectivity index (χ3v) is 3.62. The summed E-state index contributed by atoms with van der Waals surface area (Å²) < 4.78 is 6.45. The molecule has 106 valence electrons. The normalized spacial score (nSPS) is 11.0. The molecule has 6 heteroatoms. The summed E-state index contributed by atoms with van der Waals surface area (Å²) in [5.41, 5.74) is 7.81. The molecule has 21 heavy (non-hydrogen) atoms. The van der Waals surface area contributed by atoms with Crippen LogP contribution >= 0.6 is 11.6 Å². The van der Waals surface area contributed by atoms with Crippen LogP contribution in [0.25, 0.3) is 11.1 Å². The molecule has 3 rings (SSSR count). The van der Waals surface area contributed by atoms with Crippen molar-refractivity contribution >= 4 is 34.2 Å². The van der Waals surface area contributed by atoms with Crippen LogP contribution in [0.1, 0.15) is 15.9 Å². The van der Waals surface area contributed by atoms with Gasteiger partial charge in [-0.3, -0.25) is 9.36 Å². The zero-order valence-electron chi connectivity index (χ0n) is 11.1. The number of nitrogen functional groups attached to an aromatic ring is 1. The van der Waals surface area contributed by atoms with Gasteiger partial charge in [-0.25, -0.2) is 4.79 Å². The van der Waals surface area contributed by atoms with Crippen LogP contribution in [0.5, 0.6) is 0 Å². The highest BCUT2D eigenvalue weighted by molar-refractivity contribution is 6.35. The van der Waals surface area contributed by atoms with E-state index in [0.29, 0.717) is 32.9 Å². The first kappa shape index (κ1) is 13.5. The zero-order chi connectivity index (χ0) is 15.1. The van der Waals surface area contributed by atoms with Crippen molar-refractivity contribution in [2.45, 2.75) is 0 Å². The van der Waals surface area contributed by atoms with E-state index in [0.717, 1.165) is 0 Å². The molecule has 0 bridgehead atoms. The summed E-state index contributed by atoms with van der Waals surface area (Å²) in [6, 6.07) is 9.53. The molecule has 0 aliphatic carbocycles. The first-order chi connectivity index (χ1) is 9.97. The molecule has 0 radical (unpaired) electrons. The first-order valence-electron chi connectivity index (χ1n) is 6.16. The van der Waals surface area contributed by atoms with Crippen molar-refractivity contribution in [2.75, 3.05) is 5.73 Å². The summed E-state index contributed by atoms with van der Waals surface area (Å²) >= 11 is 6.03. The fraction of sp³-hybridized carbons (Fsp3) is 0.0667.